The largest absolute Gasteiger partial charge is 0.468 e. The fourth-order valence-corrected chi connectivity index (χ4v) is 2.88. The molecule has 0 aliphatic rings. The summed E-state index contributed by atoms with van der Waals surface area (Å²) in [5.41, 5.74) is 0.365. The Hall–Kier alpha value is -2.87. The van der Waals surface area contributed by atoms with E-state index in [1.807, 2.05) is 4.72 Å². The van der Waals surface area contributed by atoms with Crippen molar-refractivity contribution in [3.8, 4) is 0 Å². The number of methoxy groups -OCH3 is 1. The highest BCUT2D eigenvalue weighted by molar-refractivity contribution is 7.90. The van der Waals surface area contributed by atoms with Gasteiger partial charge in [0.15, 0.2) is 0 Å². The van der Waals surface area contributed by atoms with Crippen molar-refractivity contribution >= 4 is 27.7 Å². The Morgan fingerprint density at radius 3 is 2.08 bits per heavy atom. The zero-order valence-corrected chi connectivity index (χ0v) is 13.7. The summed E-state index contributed by atoms with van der Waals surface area (Å²) in [6, 6.07) is 14.8. The van der Waals surface area contributed by atoms with Gasteiger partial charge >= 0.3 is 12.0 Å². The molecule has 0 aliphatic heterocycles. The molecule has 0 aromatic heterocycles. The maximum atomic E-state index is 12.4. The van der Waals surface area contributed by atoms with Gasteiger partial charge in [0.2, 0.25) is 0 Å². The number of sulfonamides is 1. The fourth-order valence-electron chi connectivity index (χ4n) is 1.91. The number of urea groups is 1. The zero-order valence-electron chi connectivity index (χ0n) is 12.9. The molecule has 8 heteroatoms. The van der Waals surface area contributed by atoms with E-state index in [2.05, 4.69) is 4.74 Å². The van der Waals surface area contributed by atoms with Crippen LogP contribution in [0.4, 0.5) is 10.5 Å². The summed E-state index contributed by atoms with van der Waals surface area (Å²) in [7, 11) is -2.86. The molecule has 7 nitrogen and oxygen atoms in total. The molecular formula is C16H16N2O5S. The smallest absolute Gasteiger partial charge is 0.336 e. The number of carbonyl (C=O) groups excluding carboxylic acids is 2. The predicted octanol–water partition coefficient (Wildman–Crippen LogP) is 1.76. The quantitative estimate of drug-likeness (QED) is 0.831. The minimum absolute atomic E-state index is 0.0515. The van der Waals surface area contributed by atoms with Gasteiger partial charge in [-0.2, -0.15) is 0 Å². The first-order valence-corrected chi connectivity index (χ1v) is 8.43. The van der Waals surface area contributed by atoms with Gasteiger partial charge in [0.25, 0.3) is 10.0 Å². The van der Waals surface area contributed by atoms with E-state index < -0.39 is 28.6 Å². The number of carbonyl (C=O) groups is 2. The first-order valence-electron chi connectivity index (χ1n) is 6.95. The van der Waals surface area contributed by atoms with Crippen molar-refractivity contribution in [2.45, 2.75) is 4.90 Å². The van der Waals surface area contributed by atoms with Crippen LogP contribution < -0.4 is 9.62 Å². The number of esters is 1. The van der Waals surface area contributed by atoms with E-state index in [-0.39, 0.29) is 4.90 Å². The lowest BCUT2D eigenvalue weighted by molar-refractivity contribution is -0.138. The van der Waals surface area contributed by atoms with Crippen LogP contribution in [-0.2, 0) is 19.6 Å². The van der Waals surface area contributed by atoms with Crippen LogP contribution in [0.2, 0.25) is 0 Å². The molecule has 2 amide bonds. The van der Waals surface area contributed by atoms with Crippen molar-refractivity contribution in [3.05, 3.63) is 60.7 Å². The zero-order chi connectivity index (χ0) is 17.6. The van der Waals surface area contributed by atoms with Crippen molar-refractivity contribution in [3.63, 3.8) is 0 Å². The third-order valence-electron chi connectivity index (χ3n) is 3.10. The van der Waals surface area contributed by atoms with Crippen LogP contribution in [-0.4, -0.2) is 34.1 Å². The lowest BCUT2D eigenvalue weighted by atomic mass is 10.3. The van der Waals surface area contributed by atoms with Crippen LogP contribution in [0, 0.1) is 0 Å². The molecule has 0 saturated carbocycles. The second kappa shape index (κ2) is 7.60. The molecular weight excluding hydrogens is 332 g/mol. The van der Waals surface area contributed by atoms with Gasteiger partial charge in [-0.15, -0.1) is 0 Å². The molecule has 0 saturated heterocycles. The predicted molar refractivity (Wildman–Crippen MR) is 88.0 cm³/mol. The first kappa shape index (κ1) is 17.5. The second-order valence-electron chi connectivity index (χ2n) is 4.72. The number of ether oxygens (including phenoxy) is 1. The summed E-state index contributed by atoms with van der Waals surface area (Å²) in [6.45, 7) is -0.420. The maximum Gasteiger partial charge on any atom is 0.336 e. The molecule has 0 bridgehead atoms. The van der Waals surface area contributed by atoms with Crippen LogP contribution in [0.15, 0.2) is 65.6 Å². The Balaban J connectivity index is 2.26. The summed E-state index contributed by atoms with van der Waals surface area (Å²) >= 11 is 0. The van der Waals surface area contributed by atoms with Gasteiger partial charge in [0, 0.05) is 5.69 Å². The van der Waals surface area contributed by atoms with Crippen LogP contribution in [0.25, 0.3) is 0 Å². The van der Waals surface area contributed by atoms with E-state index in [9.17, 15) is 18.0 Å². The maximum absolute atomic E-state index is 12.4. The van der Waals surface area contributed by atoms with Gasteiger partial charge in [-0.25, -0.2) is 17.9 Å². The normalized spacial score (nSPS) is 10.7. The van der Waals surface area contributed by atoms with Gasteiger partial charge < -0.3 is 4.74 Å². The molecule has 126 valence electrons. The van der Waals surface area contributed by atoms with Gasteiger partial charge in [-0.1, -0.05) is 36.4 Å². The number of nitrogens with one attached hydrogen (secondary N) is 1. The molecule has 0 spiro atoms. The molecule has 2 aromatic rings. The lowest BCUT2D eigenvalue weighted by Crippen LogP contribution is -2.45. The van der Waals surface area contributed by atoms with E-state index in [1.165, 1.54) is 19.2 Å². The molecule has 0 atom stereocenters. The molecule has 0 fully saturated rings. The first-order chi connectivity index (χ1) is 11.4. The van der Waals surface area contributed by atoms with E-state index in [0.717, 1.165) is 4.90 Å². The third-order valence-corrected chi connectivity index (χ3v) is 4.44. The number of anilines is 1. The van der Waals surface area contributed by atoms with Crippen molar-refractivity contribution in [2.75, 3.05) is 18.6 Å². The summed E-state index contributed by atoms with van der Waals surface area (Å²) in [6.07, 6.45) is 0. The number of para-hydroxylation sites is 1. The Kier molecular flexibility index (Phi) is 5.54. The number of nitrogens with zero attached hydrogens (tertiary/aromatic N) is 1. The minimum Gasteiger partial charge on any atom is -0.468 e. The van der Waals surface area contributed by atoms with Crippen molar-refractivity contribution in [2.24, 2.45) is 0 Å². The summed E-state index contributed by atoms with van der Waals surface area (Å²) in [5.74, 6) is -0.675. The highest BCUT2D eigenvalue weighted by Crippen LogP contribution is 2.15. The summed E-state index contributed by atoms with van der Waals surface area (Å²) in [4.78, 5) is 24.9. The number of benzene rings is 2. The van der Waals surface area contributed by atoms with E-state index >= 15 is 0 Å². The molecule has 0 radical (unpaired) electrons. The SMILES string of the molecule is COC(=O)CN(C(=O)NS(=O)(=O)c1ccccc1)c1ccccc1. The van der Waals surface area contributed by atoms with Gasteiger partial charge in [0.05, 0.1) is 12.0 Å². The Morgan fingerprint density at radius 2 is 1.54 bits per heavy atom. The van der Waals surface area contributed by atoms with Crippen LogP contribution in [0.3, 0.4) is 0 Å². The van der Waals surface area contributed by atoms with Gasteiger partial charge in [-0.3, -0.25) is 9.69 Å². The Bertz CT molecular complexity index is 807. The number of rotatable bonds is 5. The van der Waals surface area contributed by atoms with Gasteiger partial charge in [0.1, 0.15) is 6.54 Å². The lowest BCUT2D eigenvalue weighted by Gasteiger charge is -2.21. The summed E-state index contributed by atoms with van der Waals surface area (Å²) < 4.78 is 31.0. The summed E-state index contributed by atoms with van der Waals surface area (Å²) in [5, 5.41) is 0. The van der Waals surface area contributed by atoms with Crippen LogP contribution in [0.5, 0.6) is 0 Å². The molecule has 24 heavy (non-hydrogen) atoms. The monoisotopic (exact) mass is 348 g/mol. The molecule has 0 aliphatic carbocycles. The third kappa shape index (κ3) is 4.32. The standard InChI is InChI=1S/C16H16N2O5S/c1-23-15(19)12-18(13-8-4-2-5-9-13)16(20)17-24(21,22)14-10-6-3-7-11-14/h2-11H,12H2,1H3,(H,17,20). The van der Waals surface area contributed by atoms with Crippen LogP contribution in [0.1, 0.15) is 0 Å². The highest BCUT2D eigenvalue weighted by Gasteiger charge is 2.25. The van der Waals surface area contributed by atoms with E-state index in [4.69, 9.17) is 0 Å². The highest BCUT2D eigenvalue weighted by atomic mass is 32.2. The van der Waals surface area contributed by atoms with Crippen LogP contribution >= 0.6 is 0 Å². The van der Waals surface area contributed by atoms with E-state index in [1.54, 1.807) is 48.5 Å². The van der Waals surface area contributed by atoms with Crippen molar-refractivity contribution in [1.29, 1.82) is 0 Å². The molecule has 2 rings (SSSR count). The number of hydrogen-bond donors (Lipinski definition) is 1. The number of hydrogen-bond acceptors (Lipinski definition) is 5. The number of amides is 2. The van der Waals surface area contributed by atoms with Crippen molar-refractivity contribution < 1.29 is 22.7 Å². The molecule has 0 heterocycles. The topological polar surface area (TPSA) is 92.8 Å². The molecule has 1 N–H and O–H groups in total. The average Bonchev–Trinajstić information content (AvgIpc) is 2.60. The minimum atomic E-state index is -4.05. The second-order valence-corrected chi connectivity index (χ2v) is 6.40. The van der Waals surface area contributed by atoms with E-state index in [0.29, 0.717) is 5.69 Å². The van der Waals surface area contributed by atoms with Gasteiger partial charge in [-0.05, 0) is 24.3 Å². The Labute approximate surface area is 139 Å². The molecule has 2 aromatic carbocycles. The average molecular weight is 348 g/mol. The fraction of sp³-hybridized carbons (Fsp3) is 0.125. The Morgan fingerprint density at radius 1 is 1.00 bits per heavy atom. The van der Waals surface area contributed by atoms with Crippen molar-refractivity contribution in [1.82, 2.24) is 4.72 Å². The molecule has 0 unspecified atom stereocenters.